The number of H-pyrrole nitrogens is 1. The number of rotatable bonds is 5. The monoisotopic (exact) mass is 412 g/mol. The number of halogens is 1. The maximum atomic E-state index is 13.1. The fourth-order valence-corrected chi connectivity index (χ4v) is 3.40. The molecule has 0 saturated heterocycles. The molecule has 5 aromatic rings. The van der Waals surface area contributed by atoms with Gasteiger partial charge in [-0.25, -0.2) is 9.37 Å². The summed E-state index contributed by atoms with van der Waals surface area (Å²) in [4.78, 5) is 17.5. The second-order valence-corrected chi connectivity index (χ2v) is 7.10. The highest BCUT2D eigenvalue weighted by Gasteiger charge is 2.08. The quantitative estimate of drug-likeness (QED) is 0.451. The van der Waals surface area contributed by atoms with E-state index in [2.05, 4.69) is 15.2 Å². The van der Waals surface area contributed by atoms with Gasteiger partial charge in [-0.3, -0.25) is 14.5 Å². The maximum Gasteiger partial charge on any atom is 0.261 e. The number of nitrogens with zero attached hydrogens (tertiary/aromatic N) is 3. The van der Waals surface area contributed by atoms with E-state index in [1.54, 1.807) is 35.4 Å². The van der Waals surface area contributed by atoms with Gasteiger partial charge in [-0.15, -0.1) is 0 Å². The Morgan fingerprint density at radius 1 is 0.968 bits per heavy atom. The van der Waals surface area contributed by atoms with Crippen LogP contribution >= 0.6 is 0 Å². The van der Waals surface area contributed by atoms with Gasteiger partial charge in [0.1, 0.15) is 17.3 Å². The molecule has 0 radical (unpaired) electrons. The molecule has 31 heavy (non-hydrogen) atoms. The van der Waals surface area contributed by atoms with Crippen molar-refractivity contribution in [3.63, 3.8) is 0 Å². The number of aromatic nitrogens is 4. The minimum Gasteiger partial charge on any atom is -0.457 e. The van der Waals surface area contributed by atoms with Crippen LogP contribution in [0, 0.1) is 5.82 Å². The SMILES string of the molecule is O=c1c2cc(-c3cn[nH]c3)ccc2ncn1Cc1cccc(Oc2ccc(F)cc2)c1. The number of hydrogen-bond acceptors (Lipinski definition) is 4. The highest BCUT2D eigenvalue weighted by Crippen LogP contribution is 2.23. The third-order valence-electron chi connectivity index (χ3n) is 4.96. The van der Waals surface area contributed by atoms with Crippen molar-refractivity contribution in [1.82, 2.24) is 19.7 Å². The smallest absolute Gasteiger partial charge is 0.261 e. The molecule has 0 spiro atoms. The molecule has 0 bridgehead atoms. The molecule has 3 aromatic carbocycles. The van der Waals surface area contributed by atoms with E-state index in [1.165, 1.54) is 12.1 Å². The first-order valence-corrected chi connectivity index (χ1v) is 9.66. The van der Waals surface area contributed by atoms with Crippen molar-refractivity contribution < 1.29 is 9.13 Å². The Morgan fingerprint density at radius 2 is 1.84 bits per heavy atom. The Kier molecular flexibility index (Phi) is 4.76. The largest absolute Gasteiger partial charge is 0.457 e. The van der Waals surface area contributed by atoms with Crippen LogP contribution in [0.2, 0.25) is 0 Å². The molecule has 152 valence electrons. The number of hydrogen-bond donors (Lipinski definition) is 1. The molecule has 7 heteroatoms. The van der Waals surface area contributed by atoms with E-state index in [9.17, 15) is 9.18 Å². The summed E-state index contributed by atoms with van der Waals surface area (Å²) in [5.41, 5.74) is 3.20. The number of benzene rings is 3. The highest BCUT2D eigenvalue weighted by molar-refractivity contribution is 5.83. The molecule has 0 aliphatic heterocycles. The number of fused-ring (bicyclic) bond motifs is 1. The van der Waals surface area contributed by atoms with Crippen LogP contribution in [0.25, 0.3) is 22.0 Å². The van der Waals surface area contributed by atoms with Gasteiger partial charge < -0.3 is 4.74 Å². The van der Waals surface area contributed by atoms with Crippen molar-refractivity contribution in [2.45, 2.75) is 6.54 Å². The first kappa shape index (κ1) is 18.7. The van der Waals surface area contributed by atoms with E-state index < -0.39 is 0 Å². The average molecular weight is 412 g/mol. The van der Waals surface area contributed by atoms with Crippen LogP contribution in [0.4, 0.5) is 4.39 Å². The Morgan fingerprint density at radius 3 is 2.65 bits per heavy atom. The zero-order chi connectivity index (χ0) is 21.2. The normalized spacial score (nSPS) is 11.0. The molecular weight excluding hydrogens is 395 g/mol. The van der Waals surface area contributed by atoms with Crippen molar-refractivity contribution >= 4 is 10.9 Å². The van der Waals surface area contributed by atoms with Gasteiger partial charge in [0, 0.05) is 11.8 Å². The van der Waals surface area contributed by atoms with E-state index in [-0.39, 0.29) is 11.4 Å². The highest BCUT2D eigenvalue weighted by atomic mass is 19.1. The molecule has 5 rings (SSSR count). The molecule has 0 saturated carbocycles. The van der Waals surface area contributed by atoms with E-state index in [4.69, 9.17) is 4.74 Å². The lowest BCUT2D eigenvalue weighted by molar-refractivity contribution is 0.479. The molecule has 0 unspecified atom stereocenters. The van der Waals surface area contributed by atoms with Gasteiger partial charge in [0.2, 0.25) is 0 Å². The van der Waals surface area contributed by atoms with Gasteiger partial charge in [0.15, 0.2) is 0 Å². The summed E-state index contributed by atoms with van der Waals surface area (Å²) in [5.74, 6) is 0.822. The Bertz CT molecular complexity index is 1410. The molecule has 0 atom stereocenters. The van der Waals surface area contributed by atoms with Gasteiger partial charge in [-0.05, 0) is 59.7 Å². The Hall–Kier alpha value is -4.26. The summed E-state index contributed by atoms with van der Waals surface area (Å²) in [7, 11) is 0. The van der Waals surface area contributed by atoms with Gasteiger partial charge >= 0.3 is 0 Å². The zero-order valence-corrected chi connectivity index (χ0v) is 16.3. The molecule has 2 heterocycles. The molecule has 2 aromatic heterocycles. The first-order chi connectivity index (χ1) is 15.2. The number of nitrogens with one attached hydrogen (secondary N) is 1. The summed E-state index contributed by atoms with van der Waals surface area (Å²) in [6.07, 6.45) is 5.04. The second-order valence-electron chi connectivity index (χ2n) is 7.10. The Balaban J connectivity index is 1.44. The minimum absolute atomic E-state index is 0.125. The number of ether oxygens (including phenoxy) is 1. The first-order valence-electron chi connectivity index (χ1n) is 9.66. The summed E-state index contributed by atoms with van der Waals surface area (Å²) in [5, 5.41) is 7.29. The fourth-order valence-electron chi connectivity index (χ4n) is 3.40. The molecular formula is C24H17FN4O2. The Labute approximate surface area is 176 Å². The topological polar surface area (TPSA) is 72.8 Å². The van der Waals surface area contributed by atoms with Crippen LogP contribution < -0.4 is 10.3 Å². The van der Waals surface area contributed by atoms with E-state index >= 15 is 0 Å². The van der Waals surface area contributed by atoms with Crippen LogP contribution in [-0.2, 0) is 6.54 Å². The van der Waals surface area contributed by atoms with Crippen molar-refractivity contribution in [2.75, 3.05) is 0 Å². The minimum atomic E-state index is -0.319. The lowest BCUT2D eigenvalue weighted by Crippen LogP contribution is -2.21. The van der Waals surface area contributed by atoms with Gasteiger partial charge in [0.25, 0.3) is 5.56 Å². The van der Waals surface area contributed by atoms with Gasteiger partial charge in [-0.2, -0.15) is 5.10 Å². The third-order valence-corrected chi connectivity index (χ3v) is 4.96. The van der Waals surface area contributed by atoms with Crippen molar-refractivity contribution in [3.8, 4) is 22.6 Å². The molecule has 0 amide bonds. The average Bonchev–Trinajstić information content (AvgIpc) is 3.33. The predicted molar refractivity (Wildman–Crippen MR) is 116 cm³/mol. The maximum absolute atomic E-state index is 13.1. The molecule has 0 aliphatic carbocycles. The van der Waals surface area contributed by atoms with Gasteiger partial charge in [0.05, 0.1) is 30.0 Å². The third kappa shape index (κ3) is 3.93. The lowest BCUT2D eigenvalue weighted by Gasteiger charge is -2.10. The van der Waals surface area contributed by atoms with Crippen molar-refractivity contribution in [2.24, 2.45) is 0 Å². The van der Waals surface area contributed by atoms with Crippen molar-refractivity contribution in [3.05, 3.63) is 107 Å². The van der Waals surface area contributed by atoms with Crippen LogP contribution in [-0.4, -0.2) is 19.7 Å². The summed E-state index contributed by atoms with van der Waals surface area (Å²) in [6, 6.07) is 18.8. The second kappa shape index (κ2) is 7.87. The summed E-state index contributed by atoms with van der Waals surface area (Å²) < 4.78 is 20.4. The zero-order valence-electron chi connectivity index (χ0n) is 16.3. The van der Waals surface area contributed by atoms with Crippen LogP contribution in [0.1, 0.15) is 5.56 Å². The molecule has 1 N–H and O–H groups in total. The standard InChI is InChI=1S/C24H17FN4O2/c25-19-5-7-20(8-6-19)31-21-3-1-2-16(10-21)14-29-15-26-23-9-4-17(11-22(23)24(29)30)18-12-27-28-13-18/h1-13,15H,14H2,(H,27,28). The summed E-state index contributed by atoms with van der Waals surface area (Å²) in [6.45, 7) is 0.346. The van der Waals surface area contributed by atoms with Gasteiger partial charge in [-0.1, -0.05) is 18.2 Å². The molecule has 0 aliphatic rings. The van der Waals surface area contributed by atoms with Crippen LogP contribution in [0.15, 0.2) is 90.2 Å². The molecule has 6 nitrogen and oxygen atoms in total. The van der Waals surface area contributed by atoms with E-state index in [0.717, 1.165) is 16.7 Å². The van der Waals surface area contributed by atoms with E-state index in [1.807, 2.05) is 42.5 Å². The predicted octanol–water partition coefficient (Wildman–Crippen LogP) is 4.77. The van der Waals surface area contributed by atoms with Crippen molar-refractivity contribution in [1.29, 1.82) is 0 Å². The van der Waals surface area contributed by atoms with E-state index in [0.29, 0.717) is 28.9 Å². The fraction of sp³-hybridized carbons (Fsp3) is 0.0417. The lowest BCUT2D eigenvalue weighted by atomic mass is 10.1. The summed E-state index contributed by atoms with van der Waals surface area (Å²) >= 11 is 0. The molecule has 0 fully saturated rings. The van der Waals surface area contributed by atoms with Crippen LogP contribution in [0.5, 0.6) is 11.5 Å². The van der Waals surface area contributed by atoms with Crippen LogP contribution in [0.3, 0.4) is 0 Å². The number of aromatic amines is 1.